The topological polar surface area (TPSA) is 122 Å². The Morgan fingerprint density at radius 3 is 2.30 bits per heavy atom. The lowest BCUT2D eigenvalue weighted by molar-refractivity contribution is -0.142. The number of hydrogen-bond acceptors (Lipinski definition) is 8. The number of carbonyl (C=O) groups excluding carboxylic acids is 2. The summed E-state index contributed by atoms with van der Waals surface area (Å²) in [4.78, 5) is 30.3. The van der Waals surface area contributed by atoms with Gasteiger partial charge in [0.1, 0.15) is 17.4 Å². The van der Waals surface area contributed by atoms with Crippen LogP contribution in [0.1, 0.15) is 24.5 Å². The molecule has 3 aromatic carbocycles. The van der Waals surface area contributed by atoms with Gasteiger partial charge < -0.3 is 4.74 Å². The molecule has 46 heavy (non-hydrogen) atoms. The van der Waals surface area contributed by atoms with Crippen molar-refractivity contribution in [3.63, 3.8) is 0 Å². The number of hydrogen-bond donors (Lipinski definition) is 0. The first-order chi connectivity index (χ1) is 22.2. The van der Waals surface area contributed by atoms with Crippen molar-refractivity contribution in [2.45, 2.75) is 24.3 Å². The molecule has 4 aromatic rings. The first kappa shape index (κ1) is 31.1. The van der Waals surface area contributed by atoms with Gasteiger partial charge in [-0.2, -0.15) is 10.4 Å². The van der Waals surface area contributed by atoms with Gasteiger partial charge >= 0.3 is 0 Å². The zero-order chi connectivity index (χ0) is 32.4. The summed E-state index contributed by atoms with van der Waals surface area (Å²) in [6.45, 7) is 2.09. The van der Waals surface area contributed by atoms with Crippen LogP contribution in [-0.2, 0) is 19.4 Å². The highest BCUT2D eigenvalue weighted by Gasteiger charge is 2.45. The number of benzene rings is 3. The van der Waals surface area contributed by atoms with E-state index in [-0.39, 0.29) is 34.6 Å². The van der Waals surface area contributed by atoms with E-state index >= 15 is 0 Å². The second kappa shape index (κ2) is 12.8. The second-order valence-corrected chi connectivity index (χ2v) is 14.4. The van der Waals surface area contributed by atoms with Gasteiger partial charge in [0.15, 0.2) is 9.84 Å². The fourth-order valence-corrected chi connectivity index (χ4v) is 8.12. The first-order valence-corrected chi connectivity index (χ1v) is 17.5. The van der Waals surface area contributed by atoms with Crippen LogP contribution in [0.2, 0.25) is 0 Å². The third kappa shape index (κ3) is 6.01. The highest BCUT2D eigenvalue weighted by atomic mass is 32.2. The number of methoxy groups -OCH3 is 1. The summed E-state index contributed by atoms with van der Waals surface area (Å²) in [5.41, 5.74) is 3.30. The lowest BCUT2D eigenvalue weighted by Crippen LogP contribution is -2.49. The Kier molecular flexibility index (Phi) is 8.67. The normalized spacial score (nSPS) is 18.7. The van der Waals surface area contributed by atoms with Crippen LogP contribution in [0.5, 0.6) is 5.75 Å². The molecular formula is C35H30N4O5S2. The Hall–Kier alpha value is -4.92. The number of sulfone groups is 1. The highest BCUT2D eigenvalue weighted by Crippen LogP contribution is 2.39. The van der Waals surface area contributed by atoms with Gasteiger partial charge in [0.25, 0.3) is 11.8 Å². The lowest BCUT2D eigenvalue weighted by Gasteiger charge is -2.32. The van der Waals surface area contributed by atoms with Gasteiger partial charge in [0.2, 0.25) is 0 Å². The zero-order valence-corrected chi connectivity index (χ0v) is 26.8. The number of para-hydroxylation sites is 1. The smallest absolute Gasteiger partial charge is 0.272 e. The lowest BCUT2D eigenvalue weighted by atomic mass is 9.86. The van der Waals surface area contributed by atoms with E-state index in [1.165, 1.54) is 7.11 Å². The standard InChI is InChI=1S/C35H30N4O5S2/c1-3-45-29-15-11-24(12-16-29)33-25(21-38(37-33)26-7-5-4-6-8-26)19-30-32(23-9-13-28(44-2)14-10-23)31(20-36)35(41)39(34(30)40)27-17-18-46(42,43)22-27/h4-16,19,21,27H,3,17-18,22H2,1-2H3/b30-19-. The number of aromatic nitrogens is 2. The van der Waals surface area contributed by atoms with Gasteiger partial charge in [-0.25, -0.2) is 13.1 Å². The van der Waals surface area contributed by atoms with Crippen molar-refractivity contribution in [1.82, 2.24) is 14.7 Å². The molecule has 0 saturated carbocycles. The van der Waals surface area contributed by atoms with Crippen molar-refractivity contribution < 1.29 is 22.7 Å². The van der Waals surface area contributed by atoms with E-state index in [0.717, 1.165) is 26.8 Å². The molecule has 0 N–H and O–H groups in total. The van der Waals surface area contributed by atoms with E-state index in [9.17, 15) is 23.3 Å². The number of carbonyl (C=O) groups is 2. The van der Waals surface area contributed by atoms with Crippen molar-refractivity contribution in [1.29, 1.82) is 5.26 Å². The number of ether oxygens (including phenoxy) is 1. The molecular weight excluding hydrogens is 621 g/mol. The zero-order valence-electron chi connectivity index (χ0n) is 25.2. The van der Waals surface area contributed by atoms with Gasteiger partial charge in [0, 0.05) is 27.8 Å². The molecule has 2 amide bonds. The largest absolute Gasteiger partial charge is 0.497 e. The van der Waals surface area contributed by atoms with Gasteiger partial charge in [-0.15, -0.1) is 11.8 Å². The summed E-state index contributed by atoms with van der Waals surface area (Å²) >= 11 is 1.72. The van der Waals surface area contributed by atoms with Gasteiger partial charge in [-0.3, -0.25) is 14.5 Å². The fourth-order valence-electron chi connectivity index (χ4n) is 5.76. The summed E-state index contributed by atoms with van der Waals surface area (Å²) in [5, 5.41) is 15.2. The van der Waals surface area contributed by atoms with E-state index in [1.807, 2.05) is 60.7 Å². The third-order valence-electron chi connectivity index (χ3n) is 7.97. The quantitative estimate of drug-likeness (QED) is 0.138. The van der Waals surface area contributed by atoms with Crippen LogP contribution in [0.25, 0.3) is 28.6 Å². The summed E-state index contributed by atoms with van der Waals surface area (Å²) < 4.78 is 31.8. The van der Waals surface area contributed by atoms with E-state index in [4.69, 9.17) is 9.84 Å². The molecule has 1 atom stereocenters. The molecule has 9 nitrogen and oxygen atoms in total. The minimum atomic E-state index is -3.44. The average molecular weight is 651 g/mol. The molecule has 0 aliphatic carbocycles. The molecule has 0 radical (unpaired) electrons. The number of imide groups is 1. The van der Waals surface area contributed by atoms with Crippen molar-refractivity contribution in [3.05, 3.63) is 107 Å². The maximum Gasteiger partial charge on any atom is 0.272 e. The van der Waals surface area contributed by atoms with Crippen LogP contribution >= 0.6 is 11.8 Å². The number of thioether (sulfide) groups is 1. The fraction of sp³-hybridized carbons (Fsp3) is 0.200. The van der Waals surface area contributed by atoms with E-state index in [0.29, 0.717) is 22.6 Å². The molecule has 232 valence electrons. The van der Waals surface area contributed by atoms with Gasteiger partial charge in [0.05, 0.1) is 41.6 Å². The Labute approximate surface area is 271 Å². The van der Waals surface area contributed by atoms with Crippen molar-refractivity contribution in [2.24, 2.45) is 0 Å². The Balaban J connectivity index is 1.58. The molecule has 0 spiro atoms. The molecule has 6 rings (SSSR count). The van der Waals surface area contributed by atoms with Crippen molar-refractivity contribution >= 4 is 45.1 Å². The minimum absolute atomic E-state index is 0.0950. The molecule has 1 unspecified atom stereocenters. The minimum Gasteiger partial charge on any atom is -0.497 e. The monoisotopic (exact) mass is 650 g/mol. The van der Waals surface area contributed by atoms with Crippen LogP contribution in [0.4, 0.5) is 0 Å². The third-order valence-corrected chi connectivity index (χ3v) is 10.6. The Bertz CT molecular complexity index is 2020. The molecule has 3 heterocycles. The van der Waals surface area contributed by atoms with E-state index < -0.39 is 27.7 Å². The number of nitriles is 1. The molecule has 2 aliphatic heterocycles. The van der Waals surface area contributed by atoms with Crippen molar-refractivity contribution in [3.8, 4) is 28.8 Å². The van der Waals surface area contributed by atoms with Gasteiger partial charge in [-0.05, 0) is 60.2 Å². The summed E-state index contributed by atoms with van der Waals surface area (Å²) in [7, 11) is -1.91. The van der Waals surface area contributed by atoms with Crippen LogP contribution in [0.3, 0.4) is 0 Å². The van der Waals surface area contributed by atoms with Crippen LogP contribution in [0.15, 0.2) is 101 Å². The molecule has 11 heteroatoms. The summed E-state index contributed by atoms with van der Waals surface area (Å²) in [5.74, 6) is -0.443. The maximum atomic E-state index is 14.4. The predicted octanol–water partition coefficient (Wildman–Crippen LogP) is 5.58. The maximum absolute atomic E-state index is 14.4. The SMILES string of the molecule is CCSc1ccc(-c2nn(-c3ccccc3)cc2/C=C2\C(=O)N(C3CCS(=O)(=O)C3)C(=O)C(C#N)=C2c2ccc(OC)cc2)cc1. The number of rotatable bonds is 8. The summed E-state index contributed by atoms with van der Waals surface area (Å²) in [6, 6.07) is 25.4. The summed E-state index contributed by atoms with van der Waals surface area (Å²) in [6.07, 6.45) is 3.57. The second-order valence-electron chi connectivity index (χ2n) is 10.9. The Morgan fingerprint density at radius 1 is 1.00 bits per heavy atom. The van der Waals surface area contributed by atoms with Crippen LogP contribution in [0, 0.1) is 11.3 Å². The highest BCUT2D eigenvalue weighted by molar-refractivity contribution is 7.99. The molecule has 0 bridgehead atoms. The molecule has 2 aliphatic rings. The average Bonchev–Trinajstić information content (AvgIpc) is 3.66. The van der Waals surface area contributed by atoms with Crippen LogP contribution in [-0.4, -0.2) is 65.3 Å². The molecule has 1 saturated heterocycles. The first-order valence-electron chi connectivity index (χ1n) is 14.7. The number of nitrogens with zero attached hydrogens (tertiary/aromatic N) is 4. The predicted molar refractivity (Wildman–Crippen MR) is 178 cm³/mol. The van der Waals surface area contributed by atoms with Gasteiger partial charge in [-0.1, -0.05) is 49.4 Å². The number of amides is 2. The Morgan fingerprint density at radius 2 is 1.70 bits per heavy atom. The van der Waals surface area contributed by atoms with E-state index in [1.54, 1.807) is 53.0 Å². The van der Waals surface area contributed by atoms with E-state index in [2.05, 4.69) is 6.92 Å². The molecule has 1 fully saturated rings. The van der Waals surface area contributed by atoms with Crippen LogP contribution < -0.4 is 4.74 Å². The van der Waals surface area contributed by atoms with Crippen molar-refractivity contribution in [2.75, 3.05) is 24.4 Å². The molecule has 1 aromatic heterocycles.